The number of phenols is 1. The number of aryl methyl sites for hydroxylation is 1. The second-order valence-electron chi connectivity index (χ2n) is 3.14. The molecular weight excluding hydrogens is 196 g/mol. The highest BCUT2D eigenvalue weighted by molar-refractivity contribution is 7.17. The van der Waals surface area contributed by atoms with Crippen LogP contribution in [0.3, 0.4) is 0 Å². The summed E-state index contributed by atoms with van der Waals surface area (Å²) in [5, 5.41) is 12.8. The zero-order chi connectivity index (χ0) is 10.1. The lowest BCUT2D eigenvalue weighted by atomic mass is 10.1. The largest absolute Gasteiger partial charge is 0.504 e. The van der Waals surface area contributed by atoms with Crippen molar-refractivity contribution in [2.45, 2.75) is 13.8 Å². The van der Waals surface area contributed by atoms with Crippen LogP contribution in [0.25, 0.3) is 10.1 Å². The van der Waals surface area contributed by atoms with Crippen molar-refractivity contribution in [2.24, 2.45) is 0 Å². The minimum Gasteiger partial charge on any atom is -0.504 e. The lowest BCUT2D eigenvalue weighted by Gasteiger charge is -2.07. The maximum absolute atomic E-state index is 9.66. The minimum absolute atomic E-state index is 0.223. The van der Waals surface area contributed by atoms with E-state index in [0.29, 0.717) is 12.4 Å². The molecule has 74 valence electrons. The van der Waals surface area contributed by atoms with Crippen LogP contribution in [0.15, 0.2) is 17.5 Å². The molecular formula is C11H12O2S. The Kier molecular flexibility index (Phi) is 2.33. The maximum atomic E-state index is 9.66. The van der Waals surface area contributed by atoms with Gasteiger partial charge in [0.05, 0.1) is 6.61 Å². The zero-order valence-electron chi connectivity index (χ0n) is 8.20. The van der Waals surface area contributed by atoms with E-state index in [1.807, 2.05) is 19.9 Å². The molecule has 2 nitrogen and oxygen atoms in total. The molecule has 0 spiro atoms. The van der Waals surface area contributed by atoms with Gasteiger partial charge in [-0.3, -0.25) is 0 Å². The van der Waals surface area contributed by atoms with Crippen LogP contribution in [0.2, 0.25) is 0 Å². The third kappa shape index (κ3) is 1.34. The minimum atomic E-state index is 0.223. The van der Waals surface area contributed by atoms with E-state index in [-0.39, 0.29) is 5.75 Å². The van der Waals surface area contributed by atoms with Crippen molar-refractivity contribution in [3.05, 3.63) is 23.1 Å². The van der Waals surface area contributed by atoms with Gasteiger partial charge in [0.1, 0.15) is 0 Å². The fourth-order valence-electron chi connectivity index (χ4n) is 1.53. The summed E-state index contributed by atoms with van der Waals surface area (Å²) in [6, 6.07) is 3.61. The Morgan fingerprint density at radius 3 is 2.93 bits per heavy atom. The molecule has 0 aliphatic rings. The molecule has 0 radical (unpaired) electrons. The summed E-state index contributed by atoms with van der Waals surface area (Å²) in [4.78, 5) is 0. The molecule has 0 aliphatic carbocycles. The molecule has 1 N–H and O–H groups in total. The van der Waals surface area contributed by atoms with Gasteiger partial charge in [0.15, 0.2) is 11.5 Å². The van der Waals surface area contributed by atoms with Crippen molar-refractivity contribution in [2.75, 3.05) is 6.61 Å². The van der Waals surface area contributed by atoms with Crippen LogP contribution < -0.4 is 4.74 Å². The van der Waals surface area contributed by atoms with E-state index >= 15 is 0 Å². The topological polar surface area (TPSA) is 29.5 Å². The number of fused-ring (bicyclic) bond motifs is 1. The Morgan fingerprint density at radius 2 is 2.21 bits per heavy atom. The summed E-state index contributed by atoms with van der Waals surface area (Å²) in [5.74, 6) is 0.838. The number of benzene rings is 1. The highest BCUT2D eigenvalue weighted by Crippen LogP contribution is 2.39. The van der Waals surface area contributed by atoms with Crippen molar-refractivity contribution < 1.29 is 9.84 Å². The summed E-state index contributed by atoms with van der Waals surface area (Å²) < 4.78 is 6.60. The molecule has 3 heteroatoms. The molecule has 14 heavy (non-hydrogen) atoms. The van der Waals surface area contributed by atoms with Gasteiger partial charge in [-0.25, -0.2) is 0 Å². The van der Waals surface area contributed by atoms with Gasteiger partial charge in [-0.1, -0.05) is 0 Å². The van der Waals surface area contributed by atoms with Gasteiger partial charge < -0.3 is 9.84 Å². The third-order valence-electron chi connectivity index (χ3n) is 2.14. The summed E-state index contributed by atoms with van der Waals surface area (Å²) >= 11 is 1.67. The zero-order valence-corrected chi connectivity index (χ0v) is 9.02. The number of phenolic OH excluding ortho intramolecular Hbond substituents is 1. The van der Waals surface area contributed by atoms with Crippen molar-refractivity contribution in [1.29, 1.82) is 0 Å². The van der Waals surface area contributed by atoms with Crippen LogP contribution in [0.4, 0.5) is 0 Å². The predicted octanol–water partition coefficient (Wildman–Crippen LogP) is 3.31. The van der Waals surface area contributed by atoms with Crippen LogP contribution >= 0.6 is 11.3 Å². The van der Waals surface area contributed by atoms with Crippen LogP contribution in [-0.4, -0.2) is 11.7 Å². The predicted molar refractivity (Wildman–Crippen MR) is 59.4 cm³/mol. The van der Waals surface area contributed by atoms with E-state index in [4.69, 9.17) is 4.74 Å². The van der Waals surface area contributed by atoms with Gasteiger partial charge in [-0.05, 0) is 36.9 Å². The number of thiophene rings is 1. The first-order chi connectivity index (χ1) is 6.74. The average Bonchev–Trinajstić information content (AvgIpc) is 2.53. The lowest BCUT2D eigenvalue weighted by Crippen LogP contribution is -1.92. The van der Waals surface area contributed by atoms with Gasteiger partial charge in [0.25, 0.3) is 0 Å². The standard InChI is InChI=1S/C11H12O2S/c1-3-13-11-8(12)4-5-9-10(11)7(2)6-14-9/h4-6,12H,3H2,1-2H3. The number of rotatable bonds is 2. The SMILES string of the molecule is CCOc1c(O)ccc2scc(C)c12. The molecule has 0 aliphatic heterocycles. The van der Waals surface area contributed by atoms with Gasteiger partial charge in [-0.2, -0.15) is 0 Å². The van der Waals surface area contributed by atoms with E-state index in [9.17, 15) is 5.11 Å². The van der Waals surface area contributed by atoms with Crippen molar-refractivity contribution in [3.63, 3.8) is 0 Å². The number of ether oxygens (including phenoxy) is 1. The van der Waals surface area contributed by atoms with E-state index in [1.165, 1.54) is 0 Å². The Hall–Kier alpha value is -1.22. The van der Waals surface area contributed by atoms with E-state index in [0.717, 1.165) is 15.6 Å². The normalized spacial score (nSPS) is 10.7. The Labute approximate surface area is 86.8 Å². The third-order valence-corrected chi connectivity index (χ3v) is 3.21. The smallest absolute Gasteiger partial charge is 0.169 e. The van der Waals surface area contributed by atoms with Crippen LogP contribution in [0.5, 0.6) is 11.5 Å². The number of hydrogen-bond donors (Lipinski definition) is 1. The highest BCUT2D eigenvalue weighted by Gasteiger charge is 2.11. The Morgan fingerprint density at radius 1 is 1.43 bits per heavy atom. The first-order valence-corrected chi connectivity index (χ1v) is 5.44. The van der Waals surface area contributed by atoms with Gasteiger partial charge in [0.2, 0.25) is 0 Å². The summed E-state index contributed by atoms with van der Waals surface area (Å²) in [6.07, 6.45) is 0. The molecule has 1 aromatic heterocycles. The van der Waals surface area contributed by atoms with E-state index in [2.05, 4.69) is 5.38 Å². The first-order valence-electron chi connectivity index (χ1n) is 4.56. The number of hydrogen-bond acceptors (Lipinski definition) is 3. The maximum Gasteiger partial charge on any atom is 0.169 e. The molecule has 0 amide bonds. The first kappa shape index (κ1) is 9.34. The van der Waals surface area contributed by atoms with Gasteiger partial charge in [0, 0.05) is 10.1 Å². The quantitative estimate of drug-likeness (QED) is 0.820. The van der Waals surface area contributed by atoms with Crippen LogP contribution in [-0.2, 0) is 0 Å². The summed E-state index contributed by atoms with van der Waals surface area (Å²) in [5.41, 5.74) is 1.16. The van der Waals surface area contributed by atoms with Crippen molar-refractivity contribution in [1.82, 2.24) is 0 Å². The molecule has 0 bridgehead atoms. The molecule has 0 unspecified atom stereocenters. The fourth-order valence-corrected chi connectivity index (χ4v) is 2.47. The van der Waals surface area contributed by atoms with Crippen molar-refractivity contribution >= 4 is 21.4 Å². The van der Waals surface area contributed by atoms with Crippen LogP contribution in [0, 0.1) is 6.92 Å². The lowest BCUT2D eigenvalue weighted by molar-refractivity contribution is 0.322. The van der Waals surface area contributed by atoms with Crippen molar-refractivity contribution in [3.8, 4) is 11.5 Å². The monoisotopic (exact) mass is 208 g/mol. The second kappa shape index (κ2) is 3.50. The molecule has 1 aromatic carbocycles. The molecule has 0 atom stereocenters. The Balaban J connectivity index is 2.73. The highest BCUT2D eigenvalue weighted by atomic mass is 32.1. The fraction of sp³-hybridized carbons (Fsp3) is 0.273. The van der Waals surface area contributed by atoms with Gasteiger partial charge in [-0.15, -0.1) is 11.3 Å². The molecule has 1 heterocycles. The molecule has 0 saturated heterocycles. The molecule has 2 aromatic rings. The second-order valence-corrected chi connectivity index (χ2v) is 4.05. The molecule has 0 fully saturated rings. The Bertz CT molecular complexity index is 460. The number of aromatic hydroxyl groups is 1. The molecule has 0 saturated carbocycles. The van der Waals surface area contributed by atoms with Gasteiger partial charge >= 0.3 is 0 Å². The average molecular weight is 208 g/mol. The van der Waals surface area contributed by atoms with Crippen LogP contribution in [0.1, 0.15) is 12.5 Å². The van der Waals surface area contributed by atoms with E-state index < -0.39 is 0 Å². The van der Waals surface area contributed by atoms with E-state index in [1.54, 1.807) is 17.4 Å². The summed E-state index contributed by atoms with van der Waals surface area (Å²) in [7, 11) is 0. The summed E-state index contributed by atoms with van der Waals surface area (Å²) in [6.45, 7) is 4.52. The molecule has 2 rings (SSSR count).